The first kappa shape index (κ1) is 9.27. The molecule has 11 heavy (non-hydrogen) atoms. The van der Waals surface area contributed by atoms with Gasteiger partial charge in [0.25, 0.3) is 0 Å². The molecule has 1 rings (SSSR count). The maximum Gasteiger partial charge on any atom is 0.0584 e. The fourth-order valence-electron chi connectivity index (χ4n) is 1.61. The Morgan fingerprint density at radius 2 is 2.36 bits per heavy atom. The molecule has 1 saturated heterocycles. The summed E-state index contributed by atoms with van der Waals surface area (Å²) in [6.45, 7) is 5.71. The molecule has 2 unspecified atom stereocenters. The van der Waals surface area contributed by atoms with E-state index in [0.29, 0.717) is 0 Å². The molecule has 66 valence electrons. The van der Waals surface area contributed by atoms with Crippen LogP contribution in [0.5, 0.6) is 0 Å². The van der Waals surface area contributed by atoms with Crippen LogP contribution in [0, 0.1) is 0 Å². The van der Waals surface area contributed by atoms with Crippen molar-refractivity contribution in [3.63, 3.8) is 0 Å². The summed E-state index contributed by atoms with van der Waals surface area (Å²) in [7, 11) is 0.0677. The van der Waals surface area contributed by atoms with Crippen LogP contribution >= 0.6 is 0 Å². The quantitative estimate of drug-likeness (QED) is 0.591. The Bertz CT molecular complexity index is 99.7. The van der Waals surface area contributed by atoms with Crippen LogP contribution in [0.2, 0.25) is 5.54 Å². The zero-order valence-corrected chi connectivity index (χ0v) is 9.22. The molecule has 0 aromatic rings. The largest absolute Gasteiger partial charge is 0.382 e. The highest BCUT2D eigenvalue weighted by atomic mass is 28.2. The molecule has 0 aliphatic carbocycles. The summed E-state index contributed by atoms with van der Waals surface area (Å²) >= 11 is 0. The van der Waals surface area contributed by atoms with Gasteiger partial charge in [-0.05, 0) is 19.3 Å². The van der Waals surface area contributed by atoms with E-state index in [1.165, 1.54) is 25.7 Å². The van der Waals surface area contributed by atoms with Gasteiger partial charge in [0.1, 0.15) is 0 Å². The van der Waals surface area contributed by atoms with Gasteiger partial charge in [-0.15, -0.1) is 0 Å². The van der Waals surface area contributed by atoms with E-state index < -0.39 is 0 Å². The number of hydrogen-bond acceptors (Lipinski definition) is 1. The third-order valence-corrected chi connectivity index (χ3v) is 5.19. The van der Waals surface area contributed by atoms with Crippen LogP contribution in [0.25, 0.3) is 0 Å². The van der Waals surface area contributed by atoms with Gasteiger partial charge in [0.15, 0.2) is 0 Å². The lowest BCUT2D eigenvalue weighted by Gasteiger charge is -2.24. The molecule has 0 radical (unpaired) electrons. The van der Waals surface area contributed by atoms with Crippen LogP contribution in [0.1, 0.15) is 39.5 Å². The zero-order valence-electron chi connectivity index (χ0n) is 7.81. The van der Waals surface area contributed by atoms with Crippen molar-refractivity contribution < 1.29 is 4.74 Å². The molecular formula is C9H20OSi. The molecule has 0 saturated carbocycles. The zero-order chi connectivity index (χ0) is 8.10. The molecule has 0 amide bonds. The average Bonchev–Trinajstić information content (AvgIpc) is 2.06. The van der Waals surface area contributed by atoms with Crippen molar-refractivity contribution in [2.24, 2.45) is 0 Å². The van der Waals surface area contributed by atoms with E-state index in [-0.39, 0.29) is 9.52 Å². The van der Waals surface area contributed by atoms with Crippen molar-refractivity contribution in [2.45, 2.75) is 50.8 Å². The lowest BCUT2D eigenvalue weighted by molar-refractivity contribution is 0.0643. The Labute approximate surface area is 72.3 Å². The summed E-state index contributed by atoms with van der Waals surface area (Å²) in [6.07, 6.45) is 5.42. The Morgan fingerprint density at radius 3 is 2.91 bits per heavy atom. The molecule has 1 fully saturated rings. The minimum absolute atomic E-state index is 0.0677. The summed E-state index contributed by atoms with van der Waals surface area (Å²) in [5.74, 6) is 0. The van der Waals surface area contributed by atoms with Gasteiger partial charge < -0.3 is 4.74 Å². The monoisotopic (exact) mass is 172 g/mol. The fraction of sp³-hybridized carbons (Fsp3) is 1.00. The highest BCUT2D eigenvalue weighted by Crippen LogP contribution is 2.17. The van der Waals surface area contributed by atoms with E-state index in [1.807, 2.05) is 0 Å². The third-order valence-electron chi connectivity index (χ3n) is 2.64. The fourth-order valence-corrected chi connectivity index (χ4v) is 3.67. The molecule has 0 bridgehead atoms. The van der Waals surface area contributed by atoms with Gasteiger partial charge in [0, 0.05) is 12.3 Å². The Hall–Kier alpha value is 0.177. The molecule has 1 aliphatic rings. The summed E-state index contributed by atoms with van der Waals surface area (Å²) in [5.41, 5.74) is 1.71. The third kappa shape index (κ3) is 3.39. The Kier molecular flexibility index (Phi) is 4.16. The van der Waals surface area contributed by atoms with Crippen LogP contribution in [0.3, 0.4) is 0 Å². The topological polar surface area (TPSA) is 9.23 Å². The highest BCUT2D eigenvalue weighted by molar-refractivity contribution is 6.39. The lowest BCUT2D eigenvalue weighted by atomic mass is 10.2. The van der Waals surface area contributed by atoms with Gasteiger partial charge in [0.2, 0.25) is 0 Å². The first-order valence-electron chi connectivity index (χ1n) is 4.94. The van der Waals surface area contributed by atoms with Crippen LogP contribution in [-0.4, -0.2) is 21.9 Å². The Morgan fingerprint density at radius 1 is 1.55 bits per heavy atom. The summed E-state index contributed by atoms with van der Waals surface area (Å²) in [4.78, 5) is 0. The molecule has 0 spiro atoms. The summed E-state index contributed by atoms with van der Waals surface area (Å²) in [6, 6.07) is 0. The van der Waals surface area contributed by atoms with E-state index in [4.69, 9.17) is 4.74 Å². The molecule has 1 nitrogen and oxygen atoms in total. The SMILES string of the molecule is CCC(C)[SiH2]C1CCCCO1. The van der Waals surface area contributed by atoms with Gasteiger partial charge in [-0.2, -0.15) is 0 Å². The first-order valence-corrected chi connectivity index (χ1v) is 6.57. The highest BCUT2D eigenvalue weighted by Gasteiger charge is 2.16. The van der Waals surface area contributed by atoms with E-state index in [1.54, 1.807) is 0 Å². The Balaban J connectivity index is 2.13. The predicted octanol–water partition coefficient (Wildman–Crippen LogP) is 1.90. The lowest BCUT2D eigenvalue weighted by Crippen LogP contribution is -2.27. The number of ether oxygens (including phenoxy) is 1. The second-order valence-corrected chi connectivity index (χ2v) is 6.51. The molecular weight excluding hydrogens is 152 g/mol. The number of rotatable bonds is 3. The second kappa shape index (κ2) is 4.94. The number of hydrogen-bond donors (Lipinski definition) is 0. The van der Waals surface area contributed by atoms with Crippen LogP contribution in [0.15, 0.2) is 0 Å². The minimum Gasteiger partial charge on any atom is -0.382 e. The molecule has 1 heterocycles. The van der Waals surface area contributed by atoms with E-state index in [0.717, 1.165) is 17.9 Å². The van der Waals surface area contributed by atoms with Gasteiger partial charge in [0.05, 0.1) is 9.52 Å². The molecule has 0 aromatic heterocycles. The van der Waals surface area contributed by atoms with Crippen molar-refractivity contribution in [3.05, 3.63) is 0 Å². The van der Waals surface area contributed by atoms with Crippen molar-refractivity contribution in [3.8, 4) is 0 Å². The minimum atomic E-state index is 0.0677. The molecule has 2 atom stereocenters. The van der Waals surface area contributed by atoms with E-state index in [2.05, 4.69) is 13.8 Å². The molecule has 2 heteroatoms. The standard InChI is InChI=1S/C9H20OSi/c1-3-8(2)11-9-6-4-5-7-10-9/h8-9H,3-7,11H2,1-2H3. The molecule has 0 N–H and O–H groups in total. The van der Waals surface area contributed by atoms with Crippen molar-refractivity contribution >= 4 is 9.52 Å². The van der Waals surface area contributed by atoms with Gasteiger partial charge >= 0.3 is 0 Å². The summed E-state index contributed by atoms with van der Waals surface area (Å²) < 4.78 is 5.71. The van der Waals surface area contributed by atoms with Crippen LogP contribution in [0.4, 0.5) is 0 Å². The van der Waals surface area contributed by atoms with Crippen LogP contribution < -0.4 is 0 Å². The maximum atomic E-state index is 5.71. The van der Waals surface area contributed by atoms with Crippen molar-refractivity contribution in [2.75, 3.05) is 6.61 Å². The molecule has 1 aliphatic heterocycles. The van der Waals surface area contributed by atoms with Crippen LogP contribution in [-0.2, 0) is 4.74 Å². The summed E-state index contributed by atoms with van der Waals surface area (Å²) in [5, 5.41) is 0. The van der Waals surface area contributed by atoms with Gasteiger partial charge in [-0.1, -0.05) is 25.8 Å². The average molecular weight is 172 g/mol. The van der Waals surface area contributed by atoms with E-state index in [9.17, 15) is 0 Å². The smallest absolute Gasteiger partial charge is 0.0584 e. The van der Waals surface area contributed by atoms with E-state index >= 15 is 0 Å². The second-order valence-electron chi connectivity index (χ2n) is 3.74. The maximum absolute atomic E-state index is 5.71. The van der Waals surface area contributed by atoms with Gasteiger partial charge in [-0.25, -0.2) is 0 Å². The molecule has 0 aromatic carbocycles. The normalized spacial score (nSPS) is 29.5. The predicted molar refractivity (Wildman–Crippen MR) is 51.9 cm³/mol. The van der Waals surface area contributed by atoms with Crippen molar-refractivity contribution in [1.29, 1.82) is 0 Å². The first-order chi connectivity index (χ1) is 5.33. The van der Waals surface area contributed by atoms with Gasteiger partial charge in [-0.3, -0.25) is 0 Å². The van der Waals surface area contributed by atoms with Crippen molar-refractivity contribution in [1.82, 2.24) is 0 Å².